The highest BCUT2D eigenvalue weighted by molar-refractivity contribution is 7.92. The minimum atomic E-state index is -3.72. The van der Waals surface area contributed by atoms with Gasteiger partial charge in [-0.15, -0.1) is 0 Å². The zero-order valence-electron chi connectivity index (χ0n) is 16.3. The molecule has 29 heavy (non-hydrogen) atoms. The van der Waals surface area contributed by atoms with E-state index in [1.807, 2.05) is 6.07 Å². The van der Waals surface area contributed by atoms with E-state index in [-0.39, 0.29) is 10.9 Å². The fraction of sp³-hybridized carbons (Fsp3) is 0.455. The van der Waals surface area contributed by atoms with E-state index >= 15 is 0 Å². The van der Waals surface area contributed by atoms with Crippen molar-refractivity contribution in [1.82, 2.24) is 9.80 Å². The van der Waals surface area contributed by atoms with Gasteiger partial charge in [0.2, 0.25) is 0 Å². The number of rotatable bonds is 5. The molecule has 4 rings (SSSR count). The molecule has 1 aliphatic heterocycles. The molecule has 0 N–H and O–H groups in total. The van der Waals surface area contributed by atoms with Crippen LogP contribution in [0.3, 0.4) is 0 Å². The summed E-state index contributed by atoms with van der Waals surface area (Å²) < 4.78 is 52.7. The van der Waals surface area contributed by atoms with Gasteiger partial charge in [-0.05, 0) is 37.0 Å². The Balaban J connectivity index is 1.34. The first-order chi connectivity index (χ1) is 13.9. The van der Waals surface area contributed by atoms with Crippen LogP contribution in [0.4, 0.5) is 8.78 Å². The molecule has 2 fully saturated rings. The number of nitrogens with zero attached hydrogens (tertiary/aromatic N) is 2. The largest absolute Gasteiger partial charge is 0.298 e. The summed E-state index contributed by atoms with van der Waals surface area (Å²) in [6, 6.07) is 13.1. The molecule has 1 aliphatic carbocycles. The Morgan fingerprint density at radius 3 is 2.21 bits per heavy atom. The van der Waals surface area contributed by atoms with Gasteiger partial charge in [-0.1, -0.05) is 30.3 Å². The Labute approximate surface area is 171 Å². The van der Waals surface area contributed by atoms with Gasteiger partial charge in [0.05, 0.1) is 10.1 Å². The number of halogens is 2. The van der Waals surface area contributed by atoms with Crippen LogP contribution in [0.25, 0.3) is 0 Å². The highest BCUT2D eigenvalue weighted by atomic mass is 32.2. The van der Waals surface area contributed by atoms with E-state index in [1.54, 1.807) is 0 Å². The van der Waals surface area contributed by atoms with Gasteiger partial charge in [-0.2, -0.15) is 0 Å². The van der Waals surface area contributed by atoms with Gasteiger partial charge in [0, 0.05) is 44.8 Å². The van der Waals surface area contributed by atoms with Gasteiger partial charge < -0.3 is 0 Å². The van der Waals surface area contributed by atoms with Crippen molar-refractivity contribution >= 4 is 9.84 Å². The van der Waals surface area contributed by atoms with Crippen molar-refractivity contribution in [2.24, 2.45) is 0 Å². The molecule has 156 valence electrons. The molecule has 2 aromatic carbocycles. The highest BCUT2D eigenvalue weighted by Gasteiger charge is 2.38. The second-order valence-electron chi connectivity index (χ2n) is 8.04. The van der Waals surface area contributed by atoms with E-state index in [4.69, 9.17) is 0 Å². The lowest BCUT2D eigenvalue weighted by molar-refractivity contribution is 0.0938. The van der Waals surface area contributed by atoms with Crippen LogP contribution in [0, 0.1) is 11.6 Å². The number of sulfone groups is 1. The molecule has 1 saturated heterocycles. The van der Waals surface area contributed by atoms with Crippen molar-refractivity contribution in [3.8, 4) is 0 Å². The summed E-state index contributed by atoms with van der Waals surface area (Å²) in [6.45, 7) is 4.68. The van der Waals surface area contributed by atoms with E-state index in [0.717, 1.165) is 51.3 Å². The molecule has 0 bridgehead atoms. The predicted molar refractivity (Wildman–Crippen MR) is 108 cm³/mol. The summed E-state index contributed by atoms with van der Waals surface area (Å²) in [5.74, 6) is -1.71. The van der Waals surface area contributed by atoms with Crippen molar-refractivity contribution in [1.29, 1.82) is 0 Å². The average molecular weight is 421 g/mol. The normalized spacial score (nSPS) is 24.1. The first-order valence-corrected chi connectivity index (χ1v) is 11.7. The number of hydrogen-bond donors (Lipinski definition) is 0. The van der Waals surface area contributed by atoms with Crippen LogP contribution in [0.5, 0.6) is 0 Å². The molecule has 2 aromatic rings. The van der Waals surface area contributed by atoms with Crippen molar-refractivity contribution in [2.45, 2.75) is 42.0 Å². The third kappa shape index (κ3) is 4.68. The third-order valence-corrected chi connectivity index (χ3v) is 8.33. The van der Waals surface area contributed by atoms with Gasteiger partial charge in [0.1, 0.15) is 11.6 Å². The lowest BCUT2D eigenvalue weighted by Gasteiger charge is -2.38. The minimum Gasteiger partial charge on any atom is -0.298 e. The van der Waals surface area contributed by atoms with Crippen LogP contribution in [0.1, 0.15) is 24.8 Å². The second kappa shape index (κ2) is 8.50. The summed E-state index contributed by atoms with van der Waals surface area (Å²) in [5.41, 5.74) is 1.30. The Hall–Kier alpha value is -1.83. The SMILES string of the molecule is O=S(=O)(c1cc(F)cc(F)c1)[C@H]1CC[C@H](N2CCN(Cc3ccccc3)CC2)C1. The molecular formula is C22H26F2N2O2S. The molecule has 2 atom stereocenters. The van der Waals surface area contributed by atoms with E-state index < -0.39 is 26.7 Å². The van der Waals surface area contributed by atoms with Crippen LogP contribution in [-0.2, 0) is 16.4 Å². The summed E-state index contributed by atoms with van der Waals surface area (Å²) in [4.78, 5) is 4.56. The number of hydrogen-bond acceptors (Lipinski definition) is 4. The maximum absolute atomic E-state index is 13.5. The summed E-state index contributed by atoms with van der Waals surface area (Å²) in [7, 11) is -3.72. The topological polar surface area (TPSA) is 40.6 Å². The molecule has 2 aliphatic rings. The summed E-state index contributed by atoms with van der Waals surface area (Å²) >= 11 is 0. The second-order valence-corrected chi connectivity index (χ2v) is 10.3. The third-order valence-electron chi connectivity index (χ3n) is 6.13. The lowest BCUT2D eigenvalue weighted by atomic mass is 10.1. The Bertz CT molecular complexity index is 924. The van der Waals surface area contributed by atoms with Gasteiger partial charge in [0.25, 0.3) is 0 Å². The monoisotopic (exact) mass is 420 g/mol. The highest BCUT2D eigenvalue weighted by Crippen LogP contribution is 2.33. The van der Waals surface area contributed by atoms with Crippen molar-refractivity contribution < 1.29 is 17.2 Å². The van der Waals surface area contributed by atoms with E-state index in [0.29, 0.717) is 18.9 Å². The fourth-order valence-corrected chi connectivity index (χ4v) is 6.40. The van der Waals surface area contributed by atoms with E-state index in [2.05, 4.69) is 34.1 Å². The Morgan fingerprint density at radius 2 is 1.55 bits per heavy atom. The van der Waals surface area contributed by atoms with Gasteiger partial charge in [0.15, 0.2) is 9.84 Å². The molecule has 0 amide bonds. The quantitative estimate of drug-likeness (QED) is 0.743. The molecule has 4 nitrogen and oxygen atoms in total. The molecule has 1 heterocycles. The molecule has 0 spiro atoms. The molecular weight excluding hydrogens is 394 g/mol. The van der Waals surface area contributed by atoms with Crippen molar-refractivity contribution in [2.75, 3.05) is 26.2 Å². The summed E-state index contributed by atoms with van der Waals surface area (Å²) in [5, 5.41) is -0.573. The van der Waals surface area contributed by atoms with E-state index in [1.165, 1.54) is 5.56 Å². The number of piperazine rings is 1. The smallest absolute Gasteiger partial charge is 0.181 e. The Morgan fingerprint density at radius 1 is 0.897 bits per heavy atom. The van der Waals surface area contributed by atoms with E-state index in [9.17, 15) is 17.2 Å². The van der Waals surface area contributed by atoms with Crippen LogP contribution < -0.4 is 0 Å². The zero-order chi connectivity index (χ0) is 20.4. The molecule has 1 saturated carbocycles. The molecule has 0 unspecified atom stereocenters. The standard InChI is InChI=1S/C22H26F2N2O2S/c23-18-12-19(24)14-22(13-18)29(27,28)21-7-6-20(15-21)26-10-8-25(9-11-26)16-17-4-2-1-3-5-17/h1-5,12-14,20-21H,6-11,15-16H2/t20-,21-/m0/s1. The maximum atomic E-state index is 13.5. The molecule has 0 radical (unpaired) electrons. The van der Waals surface area contributed by atoms with Crippen molar-refractivity contribution in [3.63, 3.8) is 0 Å². The average Bonchev–Trinajstić information content (AvgIpc) is 3.20. The Kier molecular flexibility index (Phi) is 5.99. The maximum Gasteiger partial charge on any atom is 0.181 e. The van der Waals surface area contributed by atoms with Gasteiger partial charge in [-0.3, -0.25) is 9.80 Å². The zero-order valence-corrected chi connectivity index (χ0v) is 17.1. The van der Waals surface area contributed by atoms with Crippen LogP contribution in [0.2, 0.25) is 0 Å². The van der Waals surface area contributed by atoms with Crippen LogP contribution in [0.15, 0.2) is 53.4 Å². The summed E-state index contributed by atoms with van der Waals surface area (Å²) in [6.07, 6.45) is 1.87. The molecule has 7 heteroatoms. The van der Waals surface area contributed by atoms with Crippen LogP contribution >= 0.6 is 0 Å². The number of benzene rings is 2. The first-order valence-electron chi connectivity index (χ1n) is 10.1. The van der Waals surface area contributed by atoms with Crippen LogP contribution in [-0.4, -0.2) is 55.7 Å². The molecule has 0 aromatic heterocycles. The van der Waals surface area contributed by atoms with Gasteiger partial charge >= 0.3 is 0 Å². The lowest BCUT2D eigenvalue weighted by Crippen LogP contribution is -2.49. The predicted octanol–water partition coefficient (Wildman–Crippen LogP) is 3.48. The van der Waals surface area contributed by atoms with Crippen molar-refractivity contribution in [3.05, 3.63) is 65.7 Å². The minimum absolute atomic E-state index is 0.215. The first kappa shape index (κ1) is 20.4. The van der Waals surface area contributed by atoms with Gasteiger partial charge in [-0.25, -0.2) is 17.2 Å². The fourth-order valence-electron chi connectivity index (χ4n) is 4.54.